The van der Waals surface area contributed by atoms with Crippen molar-refractivity contribution in [2.75, 3.05) is 5.75 Å². The van der Waals surface area contributed by atoms with Crippen molar-refractivity contribution in [2.45, 2.75) is 43.6 Å². The molecule has 3 heterocycles. The largest absolute Gasteiger partial charge is 0.387 e. The van der Waals surface area contributed by atoms with Crippen LogP contribution in [0.1, 0.15) is 48.6 Å². The first kappa shape index (κ1) is 9.73. The Hall–Kier alpha value is -0.480. The monoisotopic (exact) mass is 224 g/mol. The summed E-state index contributed by atoms with van der Waals surface area (Å²) in [5, 5.41) is 10.4. The Labute approximate surface area is 93.9 Å². The number of hydrogen-bond donors (Lipinski definition) is 1. The molecule has 0 spiro atoms. The minimum atomic E-state index is -0.286. The van der Waals surface area contributed by atoms with E-state index in [2.05, 4.69) is 9.55 Å². The Morgan fingerprint density at radius 1 is 1.40 bits per heavy atom. The van der Waals surface area contributed by atoms with Crippen molar-refractivity contribution in [1.82, 2.24) is 9.55 Å². The van der Waals surface area contributed by atoms with Crippen molar-refractivity contribution in [3.63, 3.8) is 0 Å². The standard InChI is InChI=1S/C11H16N2OS/c14-9-3-1-5-13-8(9)7-12-11(13)10-4-2-6-15-10/h7,9-10,14H,1-6H2. The fourth-order valence-corrected chi connectivity index (χ4v) is 3.83. The van der Waals surface area contributed by atoms with Crippen LogP contribution in [0.3, 0.4) is 0 Å². The maximum absolute atomic E-state index is 9.85. The third-order valence-corrected chi connectivity index (χ3v) is 4.71. The van der Waals surface area contributed by atoms with Gasteiger partial charge in [0.2, 0.25) is 0 Å². The van der Waals surface area contributed by atoms with Gasteiger partial charge < -0.3 is 9.67 Å². The first-order valence-corrected chi connectivity index (χ1v) is 6.76. The Balaban J connectivity index is 1.95. The van der Waals surface area contributed by atoms with E-state index in [9.17, 15) is 5.11 Å². The predicted molar refractivity (Wildman–Crippen MR) is 60.9 cm³/mol. The van der Waals surface area contributed by atoms with Crippen molar-refractivity contribution in [3.8, 4) is 0 Å². The molecule has 2 aliphatic heterocycles. The van der Waals surface area contributed by atoms with Crippen LogP contribution < -0.4 is 0 Å². The minimum absolute atomic E-state index is 0.286. The Bertz CT molecular complexity index is 357. The van der Waals surface area contributed by atoms with E-state index in [1.807, 2.05) is 18.0 Å². The van der Waals surface area contributed by atoms with E-state index in [1.54, 1.807) is 0 Å². The van der Waals surface area contributed by atoms with Crippen LogP contribution in [0.5, 0.6) is 0 Å². The molecule has 15 heavy (non-hydrogen) atoms. The van der Waals surface area contributed by atoms with Gasteiger partial charge >= 0.3 is 0 Å². The number of rotatable bonds is 1. The molecule has 1 N–H and O–H groups in total. The van der Waals surface area contributed by atoms with Crippen LogP contribution >= 0.6 is 11.8 Å². The highest BCUT2D eigenvalue weighted by molar-refractivity contribution is 7.99. The van der Waals surface area contributed by atoms with Gasteiger partial charge in [0.1, 0.15) is 5.82 Å². The number of fused-ring (bicyclic) bond motifs is 1. The molecule has 0 radical (unpaired) electrons. The Kier molecular flexibility index (Phi) is 2.48. The molecule has 2 aliphatic rings. The van der Waals surface area contributed by atoms with E-state index in [-0.39, 0.29) is 6.10 Å². The molecule has 1 fully saturated rings. The zero-order valence-electron chi connectivity index (χ0n) is 8.72. The smallest absolute Gasteiger partial charge is 0.122 e. The fourth-order valence-electron chi connectivity index (χ4n) is 2.54. The van der Waals surface area contributed by atoms with Gasteiger partial charge in [0.05, 0.1) is 23.2 Å². The maximum Gasteiger partial charge on any atom is 0.122 e. The number of nitrogens with zero attached hydrogens (tertiary/aromatic N) is 2. The van der Waals surface area contributed by atoms with E-state index in [1.165, 1.54) is 24.4 Å². The second-order valence-corrected chi connectivity index (χ2v) is 5.66. The average molecular weight is 224 g/mol. The number of hydrogen-bond acceptors (Lipinski definition) is 3. The summed E-state index contributed by atoms with van der Waals surface area (Å²) in [5.41, 5.74) is 1.03. The summed E-state index contributed by atoms with van der Waals surface area (Å²) >= 11 is 2.01. The third-order valence-electron chi connectivity index (χ3n) is 3.34. The molecule has 1 aromatic rings. The summed E-state index contributed by atoms with van der Waals surface area (Å²) < 4.78 is 2.25. The highest BCUT2D eigenvalue weighted by Crippen LogP contribution is 2.41. The molecule has 2 atom stereocenters. The first-order chi connectivity index (χ1) is 7.36. The summed E-state index contributed by atoms with van der Waals surface area (Å²) in [6.45, 7) is 1.04. The summed E-state index contributed by atoms with van der Waals surface area (Å²) in [5.74, 6) is 2.46. The van der Waals surface area contributed by atoms with Crippen molar-refractivity contribution in [3.05, 3.63) is 17.7 Å². The van der Waals surface area contributed by atoms with Crippen LogP contribution in [0.25, 0.3) is 0 Å². The quantitative estimate of drug-likeness (QED) is 0.795. The van der Waals surface area contributed by atoms with Crippen LogP contribution in [0.4, 0.5) is 0 Å². The maximum atomic E-state index is 9.85. The SMILES string of the molecule is OC1CCCn2c1cnc2C1CCCS1. The normalized spacial score (nSPS) is 30.5. The Morgan fingerprint density at radius 3 is 3.13 bits per heavy atom. The summed E-state index contributed by atoms with van der Waals surface area (Å²) in [4.78, 5) is 4.51. The van der Waals surface area contributed by atoms with Gasteiger partial charge in [0, 0.05) is 6.54 Å². The van der Waals surface area contributed by atoms with Gasteiger partial charge in [-0.05, 0) is 31.4 Å². The van der Waals surface area contributed by atoms with Gasteiger partial charge in [0.25, 0.3) is 0 Å². The number of aromatic nitrogens is 2. The van der Waals surface area contributed by atoms with Gasteiger partial charge in [-0.15, -0.1) is 0 Å². The molecule has 1 aromatic heterocycles. The summed E-state index contributed by atoms with van der Waals surface area (Å²) in [6.07, 6.45) is 6.11. The van der Waals surface area contributed by atoms with Gasteiger partial charge in [-0.25, -0.2) is 4.98 Å². The molecular weight excluding hydrogens is 208 g/mol. The third kappa shape index (κ3) is 1.60. The van der Waals surface area contributed by atoms with Crippen molar-refractivity contribution < 1.29 is 5.11 Å². The van der Waals surface area contributed by atoms with Gasteiger partial charge in [-0.2, -0.15) is 11.8 Å². The van der Waals surface area contributed by atoms with Gasteiger partial charge in [0.15, 0.2) is 0 Å². The summed E-state index contributed by atoms with van der Waals surface area (Å²) in [6, 6.07) is 0. The fraction of sp³-hybridized carbons (Fsp3) is 0.727. The number of aliphatic hydroxyl groups excluding tert-OH is 1. The van der Waals surface area contributed by atoms with Crippen LogP contribution in [-0.4, -0.2) is 20.4 Å². The zero-order chi connectivity index (χ0) is 10.3. The molecule has 82 valence electrons. The average Bonchev–Trinajstić information content (AvgIpc) is 2.85. The van der Waals surface area contributed by atoms with Gasteiger partial charge in [-0.3, -0.25) is 0 Å². The Morgan fingerprint density at radius 2 is 2.33 bits per heavy atom. The highest BCUT2D eigenvalue weighted by atomic mass is 32.2. The van der Waals surface area contributed by atoms with Crippen molar-refractivity contribution in [1.29, 1.82) is 0 Å². The first-order valence-electron chi connectivity index (χ1n) is 5.71. The number of thioether (sulfide) groups is 1. The molecule has 0 aliphatic carbocycles. The van der Waals surface area contributed by atoms with E-state index in [4.69, 9.17) is 0 Å². The van der Waals surface area contributed by atoms with Crippen LogP contribution in [0.2, 0.25) is 0 Å². The lowest BCUT2D eigenvalue weighted by atomic mass is 10.1. The van der Waals surface area contributed by atoms with E-state index in [0.717, 1.165) is 25.1 Å². The van der Waals surface area contributed by atoms with E-state index < -0.39 is 0 Å². The highest BCUT2D eigenvalue weighted by Gasteiger charge is 2.27. The minimum Gasteiger partial charge on any atom is -0.387 e. The number of imidazole rings is 1. The lowest BCUT2D eigenvalue weighted by molar-refractivity contribution is 0.138. The molecule has 0 amide bonds. The second-order valence-electron chi connectivity index (χ2n) is 4.35. The van der Waals surface area contributed by atoms with Crippen LogP contribution in [0, 0.1) is 0 Å². The molecule has 0 bridgehead atoms. The van der Waals surface area contributed by atoms with Crippen LogP contribution in [-0.2, 0) is 6.54 Å². The lowest BCUT2D eigenvalue weighted by Crippen LogP contribution is -2.17. The topological polar surface area (TPSA) is 38.0 Å². The predicted octanol–water partition coefficient (Wildman–Crippen LogP) is 2.28. The van der Waals surface area contributed by atoms with Gasteiger partial charge in [-0.1, -0.05) is 0 Å². The molecule has 3 nitrogen and oxygen atoms in total. The van der Waals surface area contributed by atoms with E-state index >= 15 is 0 Å². The van der Waals surface area contributed by atoms with E-state index in [0.29, 0.717) is 5.25 Å². The lowest BCUT2D eigenvalue weighted by Gasteiger charge is -2.22. The molecular formula is C11H16N2OS. The molecule has 4 heteroatoms. The molecule has 2 unspecified atom stereocenters. The van der Waals surface area contributed by atoms with Crippen molar-refractivity contribution in [2.24, 2.45) is 0 Å². The summed E-state index contributed by atoms with van der Waals surface area (Å²) in [7, 11) is 0. The second kappa shape index (κ2) is 3.83. The molecule has 3 rings (SSSR count). The molecule has 0 saturated carbocycles. The molecule has 1 saturated heterocycles. The number of aliphatic hydroxyl groups is 1. The zero-order valence-corrected chi connectivity index (χ0v) is 9.54. The molecule has 0 aromatic carbocycles. The van der Waals surface area contributed by atoms with Crippen molar-refractivity contribution >= 4 is 11.8 Å². The van der Waals surface area contributed by atoms with Crippen LogP contribution in [0.15, 0.2) is 6.20 Å².